The van der Waals surface area contributed by atoms with E-state index in [0.29, 0.717) is 19.3 Å². The zero-order valence-electron chi connectivity index (χ0n) is 54.1. The van der Waals surface area contributed by atoms with Crippen LogP contribution in [0.3, 0.4) is 0 Å². The smallest absolute Gasteiger partial charge is 0.306 e. The summed E-state index contributed by atoms with van der Waals surface area (Å²) in [6.07, 6.45) is 91.0. The first-order valence-electron chi connectivity index (χ1n) is 35.4. The van der Waals surface area contributed by atoms with Gasteiger partial charge in [-0.1, -0.05) is 318 Å². The molecule has 1 atom stereocenters. The zero-order chi connectivity index (χ0) is 58.5. The molecule has 0 amide bonds. The molecular formula is C75H134O6. The van der Waals surface area contributed by atoms with Crippen LogP contribution in [0.4, 0.5) is 0 Å². The molecule has 0 aromatic rings. The van der Waals surface area contributed by atoms with Crippen LogP contribution in [0, 0.1) is 0 Å². The van der Waals surface area contributed by atoms with Gasteiger partial charge in [0.25, 0.3) is 0 Å². The second-order valence-electron chi connectivity index (χ2n) is 23.8. The molecule has 0 radical (unpaired) electrons. The van der Waals surface area contributed by atoms with Crippen LogP contribution in [-0.4, -0.2) is 37.2 Å². The van der Waals surface area contributed by atoms with Gasteiger partial charge in [0, 0.05) is 19.3 Å². The highest BCUT2D eigenvalue weighted by Gasteiger charge is 2.19. The van der Waals surface area contributed by atoms with E-state index in [2.05, 4.69) is 93.7 Å². The van der Waals surface area contributed by atoms with Crippen molar-refractivity contribution in [2.75, 3.05) is 13.2 Å². The summed E-state index contributed by atoms with van der Waals surface area (Å²) in [5.41, 5.74) is 0. The van der Waals surface area contributed by atoms with Crippen molar-refractivity contribution in [2.45, 2.75) is 374 Å². The Hall–Kier alpha value is -3.15. The van der Waals surface area contributed by atoms with Crippen molar-refractivity contribution in [3.8, 4) is 0 Å². The average molecular weight is 1130 g/mol. The minimum absolute atomic E-state index is 0.0785. The summed E-state index contributed by atoms with van der Waals surface area (Å²) < 4.78 is 16.9. The number of allylic oxidation sites excluding steroid dienone is 12. The van der Waals surface area contributed by atoms with E-state index in [1.54, 1.807) is 0 Å². The molecule has 0 heterocycles. The summed E-state index contributed by atoms with van der Waals surface area (Å²) in [7, 11) is 0. The van der Waals surface area contributed by atoms with Crippen LogP contribution in [0.1, 0.15) is 367 Å². The number of carbonyl (C=O) groups is 3. The summed E-state index contributed by atoms with van der Waals surface area (Å²) in [6.45, 7) is 6.51. The molecular weight excluding hydrogens is 997 g/mol. The number of esters is 3. The van der Waals surface area contributed by atoms with Crippen LogP contribution in [0.15, 0.2) is 72.9 Å². The summed E-state index contributed by atoms with van der Waals surface area (Å²) >= 11 is 0. The highest BCUT2D eigenvalue weighted by Crippen LogP contribution is 2.18. The molecule has 6 heteroatoms. The van der Waals surface area contributed by atoms with Gasteiger partial charge in [-0.3, -0.25) is 14.4 Å². The van der Waals surface area contributed by atoms with Crippen molar-refractivity contribution in [3.05, 3.63) is 72.9 Å². The Morgan fingerprint density at radius 2 is 0.494 bits per heavy atom. The maximum atomic E-state index is 12.9. The van der Waals surface area contributed by atoms with Crippen LogP contribution in [-0.2, 0) is 28.6 Å². The quantitative estimate of drug-likeness (QED) is 0.0261. The number of hydrogen-bond donors (Lipinski definition) is 0. The first-order chi connectivity index (χ1) is 40.0. The van der Waals surface area contributed by atoms with Crippen LogP contribution in [0.25, 0.3) is 0 Å². The molecule has 0 N–H and O–H groups in total. The second kappa shape index (κ2) is 69.3. The molecule has 1 unspecified atom stereocenters. The van der Waals surface area contributed by atoms with Crippen molar-refractivity contribution in [1.82, 2.24) is 0 Å². The number of hydrogen-bond acceptors (Lipinski definition) is 6. The predicted octanol–water partition coefficient (Wildman–Crippen LogP) is 24.4. The van der Waals surface area contributed by atoms with E-state index in [0.717, 1.165) is 96.3 Å². The van der Waals surface area contributed by atoms with Crippen molar-refractivity contribution in [3.63, 3.8) is 0 Å². The predicted molar refractivity (Wildman–Crippen MR) is 353 cm³/mol. The SMILES string of the molecule is CC/C=C\C/C=C\C/C=C\CCCCCCCCCC(=O)OC(COC(=O)CCCCCCC/C=C\CCCC)COC(=O)CCCCCCCCCCCCCCCCCCCCCCCCC/C=C\C/C=C\CCCCCCC. The lowest BCUT2D eigenvalue weighted by Crippen LogP contribution is -2.30. The Balaban J connectivity index is 4.06. The van der Waals surface area contributed by atoms with Crippen LogP contribution in [0.2, 0.25) is 0 Å². The number of ether oxygens (including phenoxy) is 3. The molecule has 0 saturated heterocycles. The largest absolute Gasteiger partial charge is 0.462 e. The van der Waals surface area contributed by atoms with E-state index >= 15 is 0 Å². The number of unbranched alkanes of at least 4 members (excludes halogenated alkanes) is 42. The van der Waals surface area contributed by atoms with E-state index < -0.39 is 6.10 Å². The van der Waals surface area contributed by atoms with E-state index in [1.165, 1.54) is 231 Å². The summed E-state index contributed by atoms with van der Waals surface area (Å²) in [6, 6.07) is 0. The van der Waals surface area contributed by atoms with Crippen molar-refractivity contribution in [1.29, 1.82) is 0 Å². The van der Waals surface area contributed by atoms with Crippen LogP contribution >= 0.6 is 0 Å². The van der Waals surface area contributed by atoms with Gasteiger partial charge in [0.05, 0.1) is 0 Å². The average Bonchev–Trinajstić information content (AvgIpc) is 3.47. The third kappa shape index (κ3) is 67.5. The molecule has 6 nitrogen and oxygen atoms in total. The van der Waals surface area contributed by atoms with Gasteiger partial charge < -0.3 is 14.2 Å². The lowest BCUT2D eigenvalue weighted by atomic mass is 10.0. The standard InChI is InChI=1S/C75H134O6/c1-4-7-10-13-16-19-22-24-26-28-29-30-31-32-33-34-35-36-37-38-39-40-41-42-43-44-45-47-48-50-53-56-59-62-65-68-74(77)80-71-72(70-79-73(76)67-64-61-58-55-52-21-18-15-12-9-6-3)81-75(78)69-66-63-60-57-54-51-49-46-27-25-23-20-17-14-11-8-5-2/h8,11,15,17-18,20,22,24-25,27-29,72H,4-7,9-10,12-14,16,19,21,23,26,30-71H2,1-3H3/b11-8-,18-15-,20-17-,24-22-,27-25-,29-28-. The van der Waals surface area contributed by atoms with Gasteiger partial charge in [-0.15, -0.1) is 0 Å². The lowest BCUT2D eigenvalue weighted by molar-refractivity contribution is -0.167. The van der Waals surface area contributed by atoms with Crippen LogP contribution in [0.5, 0.6) is 0 Å². The molecule has 470 valence electrons. The summed E-state index contributed by atoms with van der Waals surface area (Å²) in [5.74, 6) is -0.881. The minimum atomic E-state index is -0.783. The van der Waals surface area contributed by atoms with Gasteiger partial charge in [0.1, 0.15) is 13.2 Å². The Kier molecular flexibility index (Phi) is 66.6. The summed E-state index contributed by atoms with van der Waals surface area (Å²) in [4.78, 5) is 38.3. The number of rotatable bonds is 65. The van der Waals surface area contributed by atoms with Gasteiger partial charge in [-0.2, -0.15) is 0 Å². The molecule has 0 aliphatic rings. The molecule has 0 rings (SSSR count). The van der Waals surface area contributed by atoms with Crippen molar-refractivity contribution in [2.24, 2.45) is 0 Å². The molecule has 0 aliphatic carbocycles. The Labute approximate surface area is 503 Å². The minimum Gasteiger partial charge on any atom is -0.462 e. The first-order valence-corrected chi connectivity index (χ1v) is 35.4. The third-order valence-corrected chi connectivity index (χ3v) is 15.7. The Morgan fingerprint density at radius 3 is 0.802 bits per heavy atom. The second-order valence-corrected chi connectivity index (χ2v) is 23.8. The van der Waals surface area contributed by atoms with Gasteiger partial charge in [0.2, 0.25) is 0 Å². The third-order valence-electron chi connectivity index (χ3n) is 15.7. The fourth-order valence-electron chi connectivity index (χ4n) is 10.4. The van der Waals surface area contributed by atoms with E-state index in [1.807, 2.05) is 0 Å². The molecule has 0 aromatic heterocycles. The maximum absolute atomic E-state index is 12.9. The zero-order valence-corrected chi connectivity index (χ0v) is 54.1. The number of carbonyl (C=O) groups excluding carboxylic acids is 3. The van der Waals surface area contributed by atoms with Crippen molar-refractivity contribution < 1.29 is 28.6 Å². The molecule has 0 bridgehead atoms. The molecule has 0 fully saturated rings. The fraction of sp³-hybridized carbons (Fsp3) is 0.800. The molecule has 0 aromatic carbocycles. The van der Waals surface area contributed by atoms with Gasteiger partial charge in [-0.25, -0.2) is 0 Å². The van der Waals surface area contributed by atoms with Crippen molar-refractivity contribution >= 4 is 17.9 Å². The molecule has 0 saturated carbocycles. The van der Waals surface area contributed by atoms with Gasteiger partial charge in [0.15, 0.2) is 6.10 Å². The van der Waals surface area contributed by atoms with E-state index in [4.69, 9.17) is 14.2 Å². The Morgan fingerprint density at radius 1 is 0.259 bits per heavy atom. The maximum Gasteiger partial charge on any atom is 0.306 e. The Bertz CT molecular complexity index is 1490. The van der Waals surface area contributed by atoms with Crippen LogP contribution < -0.4 is 0 Å². The van der Waals surface area contributed by atoms with Gasteiger partial charge in [-0.05, 0) is 103 Å². The molecule has 0 aliphatic heterocycles. The highest BCUT2D eigenvalue weighted by atomic mass is 16.6. The monoisotopic (exact) mass is 1130 g/mol. The molecule has 81 heavy (non-hydrogen) atoms. The normalized spacial score (nSPS) is 12.5. The van der Waals surface area contributed by atoms with Gasteiger partial charge >= 0.3 is 17.9 Å². The fourth-order valence-corrected chi connectivity index (χ4v) is 10.4. The first kappa shape index (κ1) is 77.9. The van der Waals surface area contributed by atoms with E-state index in [-0.39, 0.29) is 31.1 Å². The lowest BCUT2D eigenvalue weighted by Gasteiger charge is -2.18. The summed E-state index contributed by atoms with van der Waals surface area (Å²) in [5, 5.41) is 0. The topological polar surface area (TPSA) is 78.9 Å². The molecule has 0 spiro atoms. The highest BCUT2D eigenvalue weighted by molar-refractivity contribution is 5.71. The van der Waals surface area contributed by atoms with E-state index in [9.17, 15) is 14.4 Å².